The highest BCUT2D eigenvalue weighted by Gasteiger charge is 2.42. The van der Waals surface area contributed by atoms with Crippen molar-refractivity contribution in [3.05, 3.63) is 23.3 Å². The number of hydrogen-bond acceptors (Lipinski definition) is 4. The van der Waals surface area contributed by atoms with Crippen LogP contribution in [-0.4, -0.2) is 26.3 Å². The molecule has 2 rings (SSSR count). The number of nitrogens with two attached hydrogens (primary N) is 1. The molecule has 3 N–H and O–H groups in total. The standard InChI is InChI=1S/C14H19FN2O2/c1-9-5-10(13(18)19-2)6-11(12(9)16)17-8-14(7-15)3-4-14/h5-6,17H,3-4,7-8,16H2,1-2H3. The summed E-state index contributed by atoms with van der Waals surface area (Å²) in [5.74, 6) is -0.405. The number of carbonyl (C=O) groups is 1. The molecule has 104 valence electrons. The minimum absolute atomic E-state index is 0.235. The molecule has 0 aliphatic heterocycles. The van der Waals surface area contributed by atoms with E-state index in [4.69, 9.17) is 10.5 Å². The average Bonchev–Trinajstić information content (AvgIpc) is 3.20. The minimum Gasteiger partial charge on any atom is -0.465 e. The van der Waals surface area contributed by atoms with Gasteiger partial charge in [-0.2, -0.15) is 0 Å². The number of benzene rings is 1. The summed E-state index contributed by atoms with van der Waals surface area (Å²) in [5, 5.41) is 3.15. The molecule has 0 aromatic heterocycles. The smallest absolute Gasteiger partial charge is 0.337 e. The Balaban J connectivity index is 2.18. The summed E-state index contributed by atoms with van der Waals surface area (Å²) >= 11 is 0. The number of rotatable bonds is 5. The molecule has 0 unspecified atom stereocenters. The molecular formula is C14H19FN2O2. The summed E-state index contributed by atoms with van der Waals surface area (Å²) in [7, 11) is 1.34. The largest absolute Gasteiger partial charge is 0.465 e. The number of hydrogen-bond donors (Lipinski definition) is 2. The van der Waals surface area contributed by atoms with Crippen molar-refractivity contribution in [1.82, 2.24) is 0 Å². The zero-order valence-electron chi connectivity index (χ0n) is 11.3. The van der Waals surface area contributed by atoms with E-state index in [9.17, 15) is 9.18 Å². The lowest BCUT2D eigenvalue weighted by Crippen LogP contribution is -2.18. The highest BCUT2D eigenvalue weighted by molar-refractivity contribution is 5.92. The molecule has 1 aromatic carbocycles. The zero-order chi connectivity index (χ0) is 14.0. The molecule has 19 heavy (non-hydrogen) atoms. The van der Waals surface area contributed by atoms with Gasteiger partial charge in [-0.25, -0.2) is 4.79 Å². The first-order chi connectivity index (χ1) is 9.01. The molecule has 0 heterocycles. The number of carbonyl (C=O) groups excluding carboxylic acids is 1. The lowest BCUT2D eigenvalue weighted by atomic mass is 10.1. The Bertz CT molecular complexity index is 498. The van der Waals surface area contributed by atoms with Crippen molar-refractivity contribution in [2.45, 2.75) is 19.8 Å². The van der Waals surface area contributed by atoms with E-state index in [0.717, 1.165) is 18.4 Å². The monoisotopic (exact) mass is 266 g/mol. The quantitative estimate of drug-likeness (QED) is 0.635. The Morgan fingerprint density at radius 2 is 2.21 bits per heavy atom. The van der Waals surface area contributed by atoms with E-state index >= 15 is 0 Å². The Kier molecular flexibility index (Phi) is 3.64. The molecule has 0 saturated heterocycles. The number of halogens is 1. The van der Waals surface area contributed by atoms with Crippen molar-refractivity contribution in [2.24, 2.45) is 5.41 Å². The summed E-state index contributed by atoms with van der Waals surface area (Å²) in [6, 6.07) is 3.34. The van der Waals surface area contributed by atoms with Crippen LogP contribution in [0.2, 0.25) is 0 Å². The maximum atomic E-state index is 12.8. The first kappa shape index (κ1) is 13.6. The van der Waals surface area contributed by atoms with Crippen molar-refractivity contribution < 1.29 is 13.9 Å². The van der Waals surface area contributed by atoms with Gasteiger partial charge >= 0.3 is 5.97 Å². The third-order valence-electron chi connectivity index (χ3n) is 3.70. The van der Waals surface area contributed by atoms with E-state index in [1.807, 2.05) is 6.92 Å². The van der Waals surface area contributed by atoms with Crippen LogP contribution >= 0.6 is 0 Å². The molecule has 0 spiro atoms. The van der Waals surface area contributed by atoms with Gasteiger partial charge in [0.2, 0.25) is 0 Å². The van der Waals surface area contributed by atoms with Crippen LogP contribution in [0.15, 0.2) is 12.1 Å². The van der Waals surface area contributed by atoms with Crippen LogP contribution < -0.4 is 11.1 Å². The van der Waals surface area contributed by atoms with Gasteiger partial charge in [0, 0.05) is 12.0 Å². The summed E-state index contributed by atoms with van der Waals surface area (Å²) in [6.45, 7) is 2.04. The van der Waals surface area contributed by atoms with Crippen molar-refractivity contribution in [3.63, 3.8) is 0 Å². The SMILES string of the molecule is COC(=O)c1cc(C)c(N)c(NCC2(CF)CC2)c1. The maximum Gasteiger partial charge on any atom is 0.337 e. The van der Waals surface area contributed by atoms with Crippen molar-refractivity contribution in [2.75, 3.05) is 31.4 Å². The van der Waals surface area contributed by atoms with Gasteiger partial charge in [0.25, 0.3) is 0 Å². The summed E-state index contributed by atoms with van der Waals surface area (Å²) < 4.78 is 17.5. The van der Waals surface area contributed by atoms with Crippen molar-refractivity contribution in [1.29, 1.82) is 0 Å². The second kappa shape index (κ2) is 5.07. The molecule has 1 fully saturated rings. The maximum absolute atomic E-state index is 12.8. The van der Waals surface area contributed by atoms with Gasteiger partial charge < -0.3 is 15.8 Å². The zero-order valence-corrected chi connectivity index (χ0v) is 11.3. The number of ether oxygens (including phenoxy) is 1. The van der Waals surface area contributed by atoms with Crippen molar-refractivity contribution in [3.8, 4) is 0 Å². The Morgan fingerprint density at radius 1 is 1.53 bits per heavy atom. The van der Waals surface area contributed by atoms with E-state index < -0.39 is 5.97 Å². The Morgan fingerprint density at radius 3 is 2.74 bits per heavy atom. The topological polar surface area (TPSA) is 64.3 Å². The average molecular weight is 266 g/mol. The molecular weight excluding hydrogens is 247 g/mol. The Hall–Kier alpha value is -1.78. The van der Waals surface area contributed by atoms with Gasteiger partial charge in [-0.3, -0.25) is 4.39 Å². The number of aryl methyl sites for hydroxylation is 1. The first-order valence-corrected chi connectivity index (χ1v) is 6.29. The number of anilines is 2. The highest BCUT2D eigenvalue weighted by Crippen LogP contribution is 2.46. The normalized spacial score (nSPS) is 15.9. The predicted molar refractivity (Wildman–Crippen MR) is 73.1 cm³/mol. The fourth-order valence-corrected chi connectivity index (χ4v) is 2.00. The van der Waals surface area contributed by atoms with Gasteiger partial charge in [0.15, 0.2) is 0 Å². The first-order valence-electron chi connectivity index (χ1n) is 6.29. The van der Waals surface area contributed by atoms with Crippen molar-refractivity contribution >= 4 is 17.3 Å². The second-order valence-corrected chi connectivity index (χ2v) is 5.23. The number of esters is 1. The second-order valence-electron chi connectivity index (χ2n) is 5.23. The lowest BCUT2D eigenvalue weighted by molar-refractivity contribution is 0.0600. The van der Waals surface area contributed by atoms with Gasteiger partial charge in [-0.1, -0.05) is 0 Å². The highest BCUT2D eigenvalue weighted by atomic mass is 19.1. The summed E-state index contributed by atoms with van der Waals surface area (Å²) in [4.78, 5) is 11.5. The molecule has 1 aliphatic rings. The summed E-state index contributed by atoms with van der Waals surface area (Å²) in [5.41, 5.74) is 8.24. The molecule has 5 heteroatoms. The van der Waals surface area contributed by atoms with Crippen LogP contribution in [0.1, 0.15) is 28.8 Å². The minimum atomic E-state index is -0.405. The van der Waals surface area contributed by atoms with Gasteiger partial charge in [-0.15, -0.1) is 0 Å². The van der Waals surface area contributed by atoms with Crippen LogP contribution in [0.5, 0.6) is 0 Å². The number of alkyl halides is 1. The van der Waals surface area contributed by atoms with Gasteiger partial charge in [0.05, 0.1) is 30.7 Å². The van der Waals surface area contributed by atoms with E-state index in [-0.39, 0.29) is 12.1 Å². The van der Waals surface area contributed by atoms with Crippen LogP contribution in [0.3, 0.4) is 0 Å². The molecule has 0 amide bonds. The third kappa shape index (κ3) is 2.80. The lowest BCUT2D eigenvalue weighted by Gasteiger charge is -2.16. The molecule has 1 aromatic rings. The van der Waals surface area contributed by atoms with Crippen LogP contribution in [0.4, 0.5) is 15.8 Å². The van der Waals surface area contributed by atoms with Gasteiger partial charge in [0.1, 0.15) is 0 Å². The number of nitrogens with one attached hydrogen (secondary N) is 1. The molecule has 1 saturated carbocycles. The molecule has 0 bridgehead atoms. The van der Waals surface area contributed by atoms with E-state index in [1.165, 1.54) is 7.11 Å². The molecule has 4 nitrogen and oxygen atoms in total. The molecule has 0 atom stereocenters. The van der Waals surface area contributed by atoms with Crippen LogP contribution in [0, 0.1) is 12.3 Å². The predicted octanol–water partition coefficient (Wildman–Crippen LogP) is 2.53. The van der Waals surface area contributed by atoms with E-state index in [2.05, 4.69) is 5.32 Å². The number of nitrogen functional groups attached to an aromatic ring is 1. The van der Waals surface area contributed by atoms with Crippen LogP contribution in [-0.2, 0) is 4.74 Å². The van der Waals surface area contributed by atoms with Gasteiger partial charge in [-0.05, 0) is 37.5 Å². The summed E-state index contributed by atoms with van der Waals surface area (Å²) in [6.07, 6.45) is 1.79. The fourth-order valence-electron chi connectivity index (χ4n) is 2.00. The van der Waals surface area contributed by atoms with Crippen LogP contribution in [0.25, 0.3) is 0 Å². The molecule has 1 aliphatic carbocycles. The Labute approximate surface area is 112 Å². The third-order valence-corrected chi connectivity index (χ3v) is 3.70. The fraction of sp³-hybridized carbons (Fsp3) is 0.500. The number of methoxy groups -OCH3 is 1. The van der Waals surface area contributed by atoms with E-state index in [0.29, 0.717) is 23.5 Å². The van der Waals surface area contributed by atoms with E-state index in [1.54, 1.807) is 12.1 Å². The molecule has 0 radical (unpaired) electrons.